The second-order valence-electron chi connectivity index (χ2n) is 5.82. The number of likely N-dealkylation sites (N-methyl/N-ethyl adjacent to an activating group) is 1. The number of hydrogen-bond donors (Lipinski definition) is 1. The molecule has 2 rings (SSSR count). The van der Waals surface area contributed by atoms with Crippen molar-refractivity contribution in [2.75, 3.05) is 26.7 Å². The Morgan fingerprint density at radius 1 is 1.27 bits per heavy atom. The quantitative estimate of drug-likeness (QED) is 0.780. The lowest BCUT2D eigenvalue weighted by molar-refractivity contribution is -0.224. The number of amides is 1. The summed E-state index contributed by atoms with van der Waals surface area (Å²) in [4.78, 5) is 14.5. The van der Waals surface area contributed by atoms with Gasteiger partial charge < -0.3 is 0 Å². The zero-order valence-electron chi connectivity index (χ0n) is 12.9. The fourth-order valence-corrected chi connectivity index (χ4v) is 2.57. The molecular formula is C14H21F3N4O. The van der Waals surface area contributed by atoms with Crippen LogP contribution >= 0.6 is 0 Å². The van der Waals surface area contributed by atoms with Crippen molar-refractivity contribution in [2.24, 2.45) is 0 Å². The zero-order chi connectivity index (χ0) is 16.5. The smallest absolute Gasteiger partial charge is 0.298 e. The number of piperazine rings is 1. The summed E-state index contributed by atoms with van der Waals surface area (Å²) in [6.07, 6.45) is -0.885. The van der Waals surface area contributed by atoms with Crippen molar-refractivity contribution in [1.29, 1.82) is 0 Å². The van der Waals surface area contributed by atoms with Crippen LogP contribution in [0.4, 0.5) is 13.2 Å². The van der Waals surface area contributed by atoms with Crippen LogP contribution in [-0.2, 0) is 4.79 Å². The van der Waals surface area contributed by atoms with Gasteiger partial charge in [-0.1, -0.05) is 12.2 Å². The molecule has 0 aromatic heterocycles. The largest absolute Gasteiger partial charge is 0.484 e. The van der Waals surface area contributed by atoms with Gasteiger partial charge in [0.2, 0.25) is 0 Å². The molecular weight excluding hydrogens is 297 g/mol. The molecule has 0 aliphatic carbocycles. The van der Waals surface area contributed by atoms with Gasteiger partial charge in [0.25, 0.3) is 5.91 Å². The zero-order valence-corrected chi connectivity index (χ0v) is 12.9. The molecule has 0 bridgehead atoms. The fraction of sp³-hybridized carbons (Fsp3) is 0.643. The molecule has 2 aliphatic rings. The molecule has 124 valence electrons. The van der Waals surface area contributed by atoms with Crippen LogP contribution in [0.2, 0.25) is 0 Å². The van der Waals surface area contributed by atoms with E-state index in [2.05, 4.69) is 10.3 Å². The first kappa shape index (κ1) is 16.8. The van der Waals surface area contributed by atoms with Gasteiger partial charge in [-0.15, -0.1) is 0 Å². The molecule has 8 heteroatoms. The first-order valence-electron chi connectivity index (χ1n) is 7.18. The minimum Gasteiger partial charge on any atom is -0.298 e. The van der Waals surface area contributed by atoms with Gasteiger partial charge >= 0.3 is 6.30 Å². The molecule has 1 amide bonds. The summed E-state index contributed by atoms with van der Waals surface area (Å²) in [6, 6.07) is 0.512. The topological polar surface area (TPSA) is 38.8 Å². The molecule has 5 nitrogen and oxygen atoms in total. The maximum absolute atomic E-state index is 12.7. The number of nitrogens with one attached hydrogen (secondary N) is 1. The van der Waals surface area contributed by atoms with E-state index in [0.29, 0.717) is 13.1 Å². The van der Waals surface area contributed by atoms with Gasteiger partial charge in [-0.25, -0.2) is 5.01 Å². The van der Waals surface area contributed by atoms with Crippen LogP contribution in [0.1, 0.15) is 13.8 Å². The number of alkyl halides is 3. The lowest BCUT2D eigenvalue weighted by Gasteiger charge is -2.42. The lowest BCUT2D eigenvalue weighted by Crippen LogP contribution is -2.60. The Kier molecular flexibility index (Phi) is 4.81. The van der Waals surface area contributed by atoms with Crippen LogP contribution in [0.15, 0.2) is 23.9 Å². The number of halogens is 3. The van der Waals surface area contributed by atoms with Gasteiger partial charge in [0.15, 0.2) is 0 Å². The highest BCUT2D eigenvalue weighted by Gasteiger charge is 2.36. The van der Waals surface area contributed by atoms with E-state index < -0.39 is 12.2 Å². The molecule has 2 atom stereocenters. The minimum atomic E-state index is -4.48. The Bertz CT molecular complexity index is 477. The fourth-order valence-electron chi connectivity index (χ4n) is 2.57. The monoisotopic (exact) mass is 318 g/mol. The van der Waals surface area contributed by atoms with Crippen molar-refractivity contribution >= 4 is 5.91 Å². The highest BCUT2D eigenvalue weighted by molar-refractivity contribution is 5.95. The summed E-state index contributed by atoms with van der Waals surface area (Å²) in [5.74, 6) is -0.519. The van der Waals surface area contributed by atoms with Crippen LogP contribution in [0.5, 0.6) is 0 Å². The molecule has 22 heavy (non-hydrogen) atoms. The Labute approximate surface area is 128 Å². The summed E-state index contributed by atoms with van der Waals surface area (Å²) in [5.41, 5.74) is 2.70. The molecule has 2 heterocycles. The van der Waals surface area contributed by atoms with E-state index >= 15 is 0 Å². The van der Waals surface area contributed by atoms with Crippen molar-refractivity contribution in [3.05, 3.63) is 23.9 Å². The van der Waals surface area contributed by atoms with Crippen molar-refractivity contribution in [1.82, 2.24) is 20.2 Å². The number of carbonyl (C=O) groups excluding carboxylic acids is 1. The van der Waals surface area contributed by atoms with Crippen molar-refractivity contribution < 1.29 is 18.0 Å². The summed E-state index contributed by atoms with van der Waals surface area (Å²) in [6.45, 7) is 5.07. The van der Waals surface area contributed by atoms with Crippen LogP contribution < -0.4 is 5.43 Å². The van der Waals surface area contributed by atoms with Crippen LogP contribution in [0.25, 0.3) is 0 Å². The molecule has 2 aliphatic heterocycles. The second-order valence-corrected chi connectivity index (χ2v) is 5.82. The number of carbonyl (C=O) groups is 1. The van der Waals surface area contributed by atoms with Crippen molar-refractivity contribution in [3.8, 4) is 0 Å². The summed E-state index contributed by atoms with van der Waals surface area (Å²) >= 11 is 0. The van der Waals surface area contributed by atoms with Gasteiger partial charge in [0.1, 0.15) is 0 Å². The maximum atomic E-state index is 12.7. The average Bonchev–Trinajstić information content (AvgIpc) is 2.44. The van der Waals surface area contributed by atoms with Crippen molar-refractivity contribution in [2.45, 2.75) is 32.2 Å². The summed E-state index contributed by atoms with van der Waals surface area (Å²) < 4.78 is 38.0. The van der Waals surface area contributed by atoms with E-state index in [1.807, 2.05) is 20.9 Å². The van der Waals surface area contributed by atoms with Crippen LogP contribution in [0, 0.1) is 0 Å². The molecule has 0 saturated carbocycles. The van der Waals surface area contributed by atoms with E-state index in [4.69, 9.17) is 0 Å². The van der Waals surface area contributed by atoms with Gasteiger partial charge in [0, 0.05) is 37.9 Å². The highest BCUT2D eigenvalue weighted by atomic mass is 19.4. The number of nitrogens with zero attached hydrogens (tertiary/aromatic N) is 3. The van der Waals surface area contributed by atoms with Crippen molar-refractivity contribution in [3.63, 3.8) is 0 Å². The summed E-state index contributed by atoms with van der Waals surface area (Å²) in [7, 11) is 2.02. The molecule has 0 aromatic carbocycles. The lowest BCUT2D eigenvalue weighted by atomic mass is 10.1. The van der Waals surface area contributed by atoms with E-state index in [9.17, 15) is 18.0 Å². The van der Waals surface area contributed by atoms with Gasteiger partial charge in [0.05, 0.1) is 5.57 Å². The average molecular weight is 318 g/mol. The molecule has 1 saturated heterocycles. The molecule has 1 fully saturated rings. The molecule has 0 spiro atoms. The molecule has 0 aromatic rings. The van der Waals surface area contributed by atoms with E-state index in [0.717, 1.165) is 6.20 Å². The Balaban J connectivity index is 2.00. The first-order chi connectivity index (χ1) is 10.2. The third kappa shape index (κ3) is 3.80. The number of hydrazine groups is 1. The number of rotatable bonds is 2. The first-order valence-corrected chi connectivity index (χ1v) is 7.18. The second kappa shape index (κ2) is 6.29. The van der Waals surface area contributed by atoms with Gasteiger partial charge in [-0.3, -0.25) is 20.0 Å². The normalized spacial score (nSPS) is 27.7. The van der Waals surface area contributed by atoms with Crippen LogP contribution in [0.3, 0.4) is 0 Å². The molecule has 1 N–H and O–H groups in total. The van der Waals surface area contributed by atoms with E-state index in [1.165, 1.54) is 12.2 Å². The van der Waals surface area contributed by atoms with E-state index in [1.54, 1.807) is 5.01 Å². The minimum absolute atomic E-state index is 0.00260. The molecule has 0 radical (unpaired) electrons. The third-order valence-corrected chi connectivity index (χ3v) is 4.10. The van der Waals surface area contributed by atoms with E-state index in [-0.39, 0.29) is 29.1 Å². The maximum Gasteiger partial charge on any atom is 0.484 e. The standard InChI is InChI=1S/C14H21F3N4O/c1-10-7-21(8-11(2)19(10)3)18-13(22)12-5-4-6-20(9-12)14(15,16)17/h4-5,9-11H,6-8H2,1-3H3,(H,18,22)/t10-,11+. The third-order valence-electron chi connectivity index (χ3n) is 4.10. The van der Waals surface area contributed by atoms with Crippen LogP contribution in [-0.4, -0.2) is 65.8 Å². The summed E-state index contributed by atoms with van der Waals surface area (Å²) in [5, 5.41) is 1.76. The highest BCUT2D eigenvalue weighted by Crippen LogP contribution is 2.24. The Morgan fingerprint density at radius 3 is 2.41 bits per heavy atom. The predicted molar refractivity (Wildman–Crippen MR) is 76.4 cm³/mol. The van der Waals surface area contributed by atoms with Gasteiger partial charge in [-0.2, -0.15) is 13.2 Å². The number of hydrogen-bond acceptors (Lipinski definition) is 4. The predicted octanol–water partition coefficient (Wildman–Crippen LogP) is 1.32. The van der Waals surface area contributed by atoms with Gasteiger partial charge in [-0.05, 0) is 20.9 Å². The Morgan fingerprint density at radius 2 is 1.86 bits per heavy atom. The SMILES string of the molecule is C[C@@H]1CN(NC(=O)C2=CN(C(F)(F)F)CC=C2)C[C@H](C)N1C. The molecule has 0 unspecified atom stereocenters. The Hall–Kier alpha value is -1.54.